The summed E-state index contributed by atoms with van der Waals surface area (Å²) in [5, 5.41) is 2.88. The third-order valence-corrected chi connectivity index (χ3v) is 2.86. The number of carbonyl (C=O) groups is 1. The van der Waals surface area contributed by atoms with Crippen molar-refractivity contribution < 1.29 is 9.53 Å². The van der Waals surface area contributed by atoms with Crippen LogP contribution in [0, 0.1) is 6.92 Å². The summed E-state index contributed by atoms with van der Waals surface area (Å²) in [6.45, 7) is 4.00. The van der Waals surface area contributed by atoms with E-state index < -0.39 is 0 Å². The maximum absolute atomic E-state index is 11.7. The van der Waals surface area contributed by atoms with E-state index in [1.807, 2.05) is 62.4 Å². The highest BCUT2D eigenvalue weighted by molar-refractivity contribution is 5.92. The number of aryl methyl sites for hydroxylation is 1. The van der Waals surface area contributed by atoms with E-state index in [9.17, 15) is 4.79 Å². The van der Waals surface area contributed by atoms with Crippen molar-refractivity contribution in [1.29, 1.82) is 0 Å². The van der Waals surface area contributed by atoms with Crippen molar-refractivity contribution in [1.82, 2.24) is 0 Å². The summed E-state index contributed by atoms with van der Waals surface area (Å²) in [5.74, 6) is 1.43. The first-order chi connectivity index (χ1) is 9.69. The van der Waals surface area contributed by atoms with Crippen LogP contribution in [0.4, 0.5) is 5.69 Å². The Balaban J connectivity index is 2.17. The van der Waals surface area contributed by atoms with E-state index in [1.165, 1.54) is 0 Å². The molecule has 0 atom stereocenters. The van der Waals surface area contributed by atoms with Gasteiger partial charge in [-0.15, -0.1) is 0 Å². The summed E-state index contributed by atoms with van der Waals surface area (Å²) in [6.07, 6.45) is 1.34. The molecule has 2 aromatic rings. The monoisotopic (exact) mass is 269 g/mol. The maximum Gasteiger partial charge on any atom is 0.224 e. The van der Waals surface area contributed by atoms with Gasteiger partial charge in [-0.05, 0) is 43.2 Å². The second-order valence-electron chi connectivity index (χ2n) is 4.71. The number of carbonyl (C=O) groups excluding carboxylic acids is 1. The van der Waals surface area contributed by atoms with Gasteiger partial charge in [0, 0.05) is 6.42 Å². The number of amides is 1. The molecule has 2 aromatic carbocycles. The van der Waals surface area contributed by atoms with Gasteiger partial charge < -0.3 is 10.1 Å². The molecule has 0 aliphatic heterocycles. The van der Waals surface area contributed by atoms with Crippen molar-refractivity contribution in [3.63, 3.8) is 0 Å². The minimum atomic E-state index is 0.00722. The number of ether oxygens (including phenoxy) is 1. The Labute approximate surface area is 119 Å². The lowest BCUT2D eigenvalue weighted by molar-refractivity contribution is -0.116. The van der Waals surface area contributed by atoms with Crippen molar-refractivity contribution in [3.8, 4) is 11.5 Å². The molecule has 0 heterocycles. The van der Waals surface area contributed by atoms with Crippen molar-refractivity contribution in [2.45, 2.75) is 26.7 Å². The van der Waals surface area contributed by atoms with Gasteiger partial charge in [0.15, 0.2) is 5.75 Å². The topological polar surface area (TPSA) is 38.3 Å². The fourth-order valence-electron chi connectivity index (χ4n) is 1.90. The SMILES string of the molecule is CCCC(=O)Nc1ccccc1Oc1cccc(C)c1. The van der Waals surface area contributed by atoms with E-state index in [0.29, 0.717) is 17.9 Å². The van der Waals surface area contributed by atoms with Crippen LogP contribution < -0.4 is 10.1 Å². The molecule has 1 amide bonds. The average Bonchev–Trinajstić information content (AvgIpc) is 2.41. The minimum Gasteiger partial charge on any atom is -0.455 e. The maximum atomic E-state index is 11.7. The van der Waals surface area contributed by atoms with Crippen LogP contribution in [0.5, 0.6) is 11.5 Å². The van der Waals surface area contributed by atoms with Crippen LogP contribution in [-0.2, 0) is 4.79 Å². The highest BCUT2D eigenvalue weighted by Crippen LogP contribution is 2.29. The molecule has 0 unspecified atom stereocenters. The van der Waals surface area contributed by atoms with Crippen molar-refractivity contribution >= 4 is 11.6 Å². The van der Waals surface area contributed by atoms with Gasteiger partial charge in [0.05, 0.1) is 5.69 Å². The third-order valence-electron chi connectivity index (χ3n) is 2.86. The van der Waals surface area contributed by atoms with Gasteiger partial charge in [0.25, 0.3) is 0 Å². The molecule has 104 valence electrons. The lowest BCUT2D eigenvalue weighted by Gasteiger charge is -2.12. The summed E-state index contributed by atoms with van der Waals surface area (Å²) in [5.41, 5.74) is 1.84. The Morgan fingerprint density at radius 1 is 1.15 bits per heavy atom. The Hall–Kier alpha value is -2.29. The third kappa shape index (κ3) is 3.85. The molecule has 0 spiro atoms. The van der Waals surface area contributed by atoms with Crippen LogP contribution in [0.1, 0.15) is 25.3 Å². The van der Waals surface area contributed by atoms with Gasteiger partial charge in [-0.25, -0.2) is 0 Å². The van der Waals surface area contributed by atoms with E-state index >= 15 is 0 Å². The Kier molecular flexibility index (Phi) is 4.77. The van der Waals surface area contributed by atoms with E-state index in [2.05, 4.69) is 5.32 Å². The standard InChI is InChI=1S/C17H19NO2/c1-3-7-17(19)18-15-10-4-5-11-16(15)20-14-9-6-8-13(2)12-14/h4-6,8-12H,3,7H2,1-2H3,(H,18,19). The second-order valence-corrected chi connectivity index (χ2v) is 4.71. The summed E-state index contributed by atoms with van der Waals surface area (Å²) in [6, 6.07) is 15.3. The lowest BCUT2D eigenvalue weighted by Crippen LogP contribution is -2.11. The van der Waals surface area contributed by atoms with Crippen LogP contribution in [0.15, 0.2) is 48.5 Å². The predicted octanol–water partition coefficient (Wildman–Crippen LogP) is 4.53. The van der Waals surface area contributed by atoms with Crippen LogP contribution >= 0.6 is 0 Å². The molecule has 0 aromatic heterocycles. The van der Waals surface area contributed by atoms with Crippen LogP contribution in [-0.4, -0.2) is 5.91 Å². The lowest BCUT2D eigenvalue weighted by atomic mass is 10.2. The number of benzene rings is 2. The summed E-state index contributed by atoms with van der Waals surface area (Å²) >= 11 is 0. The normalized spacial score (nSPS) is 10.1. The summed E-state index contributed by atoms with van der Waals surface area (Å²) < 4.78 is 5.85. The molecule has 0 saturated heterocycles. The molecule has 1 N–H and O–H groups in total. The van der Waals surface area contributed by atoms with Gasteiger partial charge in [-0.2, -0.15) is 0 Å². The van der Waals surface area contributed by atoms with E-state index in [1.54, 1.807) is 0 Å². The van der Waals surface area contributed by atoms with Crippen LogP contribution in [0.3, 0.4) is 0 Å². The van der Waals surface area contributed by atoms with Gasteiger partial charge in [0.1, 0.15) is 5.75 Å². The zero-order valence-electron chi connectivity index (χ0n) is 11.8. The average molecular weight is 269 g/mol. The number of rotatable bonds is 5. The van der Waals surface area contributed by atoms with E-state index in [0.717, 1.165) is 17.7 Å². The van der Waals surface area contributed by atoms with Crippen molar-refractivity contribution in [2.75, 3.05) is 5.32 Å². The van der Waals surface area contributed by atoms with Gasteiger partial charge in [-0.1, -0.05) is 31.2 Å². The molecule has 3 heteroatoms. The summed E-state index contributed by atoms with van der Waals surface area (Å²) in [7, 11) is 0. The van der Waals surface area contributed by atoms with Gasteiger partial charge >= 0.3 is 0 Å². The zero-order valence-corrected chi connectivity index (χ0v) is 11.8. The minimum absolute atomic E-state index is 0.00722. The number of anilines is 1. The number of nitrogens with one attached hydrogen (secondary N) is 1. The van der Waals surface area contributed by atoms with Gasteiger partial charge in [0.2, 0.25) is 5.91 Å². The molecule has 2 rings (SSSR count). The predicted molar refractivity (Wildman–Crippen MR) is 81.2 cm³/mol. The number of para-hydroxylation sites is 2. The largest absolute Gasteiger partial charge is 0.455 e. The van der Waals surface area contributed by atoms with Crippen molar-refractivity contribution in [2.24, 2.45) is 0 Å². The molecular formula is C17H19NO2. The van der Waals surface area contributed by atoms with Crippen LogP contribution in [0.25, 0.3) is 0 Å². The molecule has 0 fully saturated rings. The molecule has 0 bridgehead atoms. The Morgan fingerprint density at radius 2 is 1.95 bits per heavy atom. The fourth-order valence-corrected chi connectivity index (χ4v) is 1.90. The van der Waals surface area contributed by atoms with Crippen molar-refractivity contribution in [3.05, 3.63) is 54.1 Å². The van der Waals surface area contributed by atoms with E-state index in [4.69, 9.17) is 4.74 Å². The second kappa shape index (κ2) is 6.75. The van der Waals surface area contributed by atoms with E-state index in [-0.39, 0.29) is 5.91 Å². The smallest absolute Gasteiger partial charge is 0.224 e. The Bertz CT molecular complexity index is 593. The molecule has 0 aliphatic rings. The Morgan fingerprint density at radius 3 is 2.70 bits per heavy atom. The number of hydrogen-bond donors (Lipinski definition) is 1. The molecule has 0 radical (unpaired) electrons. The molecule has 3 nitrogen and oxygen atoms in total. The molecule has 20 heavy (non-hydrogen) atoms. The fraction of sp³-hybridized carbons (Fsp3) is 0.235. The highest BCUT2D eigenvalue weighted by atomic mass is 16.5. The quantitative estimate of drug-likeness (QED) is 0.866. The highest BCUT2D eigenvalue weighted by Gasteiger charge is 2.07. The first-order valence-corrected chi connectivity index (χ1v) is 6.82. The van der Waals surface area contributed by atoms with Crippen LogP contribution in [0.2, 0.25) is 0 Å². The summed E-state index contributed by atoms with van der Waals surface area (Å²) in [4.78, 5) is 11.7. The van der Waals surface area contributed by atoms with Gasteiger partial charge in [-0.3, -0.25) is 4.79 Å². The first-order valence-electron chi connectivity index (χ1n) is 6.82. The number of hydrogen-bond acceptors (Lipinski definition) is 2. The molecular weight excluding hydrogens is 250 g/mol. The zero-order chi connectivity index (χ0) is 14.4. The first kappa shape index (κ1) is 14.1. The molecule has 0 aliphatic carbocycles. The molecule has 0 saturated carbocycles.